The van der Waals surface area contributed by atoms with Crippen LogP contribution in [0.5, 0.6) is 0 Å². The molecule has 2 atom stereocenters. The summed E-state index contributed by atoms with van der Waals surface area (Å²) in [5.74, 6) is -1.42. The van der Waals surface area contributed by atoms with Gasteiger partial charge in [-0.3, -0.25) is 4.79 Å². The summed E-state index contributed by atoms with van der Waals surface area (Å²) in [7, 11) is 0. The maximum Gasteiger partial charge on any atom is 0.321 e. The Bertz CT molecular complexity index is 816. The average Bonchev–Trinajstić information content (AvgIpc) is 2.64. The molecule has 0 amide bonds. The molecule has 0 spiro atoms. The van der Waals surface area contributed by atoms with Gasteiger partial charge in [0.15, 0.2) is 0 Å². The Kier molecular flexibility index (Phi) is 4.73. The lowest BCUT2D eigenvalue weighted by Gasteiger charge is -2.24. The van der Waals surface area contributed by atoms with E-state index in [0.717, 1.165) is 22.3 Å². The first-order valence-corrected chi connectivity index (χ1v) is 7.86. The van der Waals surface area contributed by atoms with Crippen LogP contribution >= 0.6 is 0 Å². The van der Waals surface area contributed by atoms with Gasteiger partial charge in [0.05, 0.1) is 0 Å². The summed E-state index contributed by atoms with van der Waals surface area (Å²) in [5, 5.41) is 9.51. The molecule has 3 aromatic carbocycles. The molecule has 0 aliphatic carbocycles. The Labute approximate surface area is 141 Å². The minimum atomic E-state index is -1.02. The van der Waals surface area contributed by atoms with Crippen LogP contribution in [-0.2, 0) is 4.79 Å². The van der Waals surface area contributed by atoms with E-state index < -0.39 is 17.9 Å². The highest BCUT2D eigenvalue weighted by atomic mass is 16.4. The molecular weight excluding hydrogens is 298 g/mol. The molecule has 0 aliphatic rings. The normalized spacial score (nSPS) is 13.2. The molecule has 3 rings (SSSR count). The van der Waals surface area contributed by atoms with Gasteiger partial charge < -0.3 is 10.8 Å². The van der Waals surface area contributed by atoms with Gasteiger partial charge in [-0.15, -0.1) is 0 Å². The zero-order chi connectivity index (χ0) is 16.9. The maximum atomic E-state index is 11.6. The van der Waals surface area contributed by atoms with Crippen LogP contribution in [0.1, 0.15) is 17.0 Å². The topological polar surface area (TPSA) is 63.3 Å². The van der Waals surface area contributed by atoms with Crippen LogP contribution in [0.15, 0.2) is 84.9 Å². The van der Waals surface area contributed by atoms with Gasteiger partial charge in [-0.1, -0.05) is 84.9 Å². The number of rotatable bonds is 5. The summed E-state index contributed by atoms with van der Waals surface area (Å²) in [6, 6.07) is 26.4. The van der Waals surface area contributed by atoms with Crippen LogP contribution in [0, 0.1) is 0 Å². The molecule has 0 bridgehead atoms. The van der Waals surface area contributed by atoms with Crippen molar-refractivity contribution in [2.75, 3.05) is 0 Å². The summed E-state index contributed by atoms with van der Waals surface area (Å²) < 4.78 is 0. The molecule has 120 valence electrons. The van der Waals surface area contributed by atoms with Crippen molar-refractivity contribution in [1.82, 2.24) is 0 Å². The molecule has 0 aromatic heterocycles. The standard InChI is InChI=1S/C21H19NO2/c22-20(21(23)24)19(16-11-5-2-6-12-16)18-14-8-7-13-17(18)15-9-3-1-4-10-15/h1-14,19-20H,22H2,(H,23,24). The summed E-state index contributed by atoms with van der Waals surface area (Å²) in [6.45, 7) is 0. The fourth-order valence-corrected chi connectivity index (χ4v) is 3.03. The number of nitrogens with two attached hydrogens (primary N) is 1. The highest BCUT2D eigenvalue weighted by molar-refractivity contribution is 5.78. The van der Waals surface area contributed by atoms with Crippen LogP contribution in [0.3, 0.4) is 0 Å². The fourth-order valence-electron chi connectivity index (χ4n) is 3.03. The van der Waals surface area contributed by atoms with Gasteiger partial charge in [-0.05, 0) is 22.3 Å². The van der Waals surface area contributed by atoms with Crippen molar-refractivity contribution in [3.05, 3.63) is 96.1 Å². The second-order valence-corrected chi connectivity index (χ2v) is 5.71. The van der Waals surface area contributed by atoms with Gasteiger partial charge in [0.25, 0.3) is 0 Å². The minimum Gasteiger partial charge on any atom is -0.480 e. The first-order valence-electron chi connectivity index (χ1n) is 7.86. The fraction of sp³-hybridized carbons (Fsp3) is 0.0952. The molecule has 0 saturated heterocycles. The molecule has 0 radical (unpaired) electrons. The van der Waals surface area contributed by atoms with Crippen LogP contribution in [0.4, 0.5) is 0 Å². The Morgan fingerprint density at radius 1 is 0.792 bits per heavy atom. The van der Waals surface area contributed by atoms with E-state index in [0.29, 0.717) is 0 Å². The summed E-state index contributed by atoms with van der Waals surface area (Å²) in [6.07, 6.45) is 0. The van der Waals surface area contributed by atoms with Gasteiger partial charge in [-0.25, -0.2) is 0 Å². The Morgan fingerprint density at radius 3 is 1.96 bits per heavy atom. The summed E-state index contributed by atoms with van der Waals surface area (Å²) in [4.78, 5) is 11.6. The Balaban J connectivity index is 2.18. The van der Waals surface area contributed by atoms with Crippen LogP contribution < -0.4 is 5.73 Å². The van der Waals surface area contributed by atoms with Crippen molar-refractivity contribution in [2.24, 2.45) is 5.73 Å². The molecule has 0 saturated carbocycles. The minimum absolute atomic E-state index is 0.417. The lowest BCUT2D eigenvalue weighted by molar-refractivity contribution is -0.138. The zero-order valence-electron chi connectivity index (χ0n) is 13.2. The third-order valence-electron chi connectivity index (χ3n) is 4.18. The number of carboxylic acid groups (broad SMARTS) is 1. The van der Waals surface area contributed by atoms with Crippen LogP contribution in [0.25, 0.3) is 11.1 Å². The van der Waals surface area contributed by atoms with E-state index in [-0.39, 0.29) is 0 Å². The molecule has 2 unspecified atom stereocenters. The first-order chi connectivity index (χ1) is 11.7. The number of aliphatic carboxylic acids is 1. The SMILES string of the molecule is NC(C(=O)O)C(c1ccccc1)c1ccccc1-c1ccccc1. The third-order valence-corrected chi connectivity index (χ3v) is 4.18. The predicted molar refractivity (Wildman–Crippen MR) is 95.8 cm³/mol. The molecule has 3 aromatic rings. The number of benzene rings is 3. The van der Waals surface area contributed by atoms with Crippen molar-refractivity contribution in [2.45, 2.75) is 12.0 Å². The van der Waals surface area contributed by atoms with E-state index in [2.05, 4.69) is 0 Å². The lowest BCUT2D eigenvalue weighted by atomic mass is 9.81. The molecule has 3 nitrogen and oxygen atoms in total. The van der Waals surface area contributed by atoms with E-state index >= 15 is 0 Å². The van der Waals surface area contributed by atoms with Gasteiger partial charge in [0, 0.05) is 5.92 Å². The molecule has 0 heterocycles. The van der Waals surface area contributed by atoms with Crippen molar-refractivity contribution < 1.29 is 9.90 Å². The molecule has 3 heteroatoms. The van der Waals surface area contributed by atoms with Gasteiger partial charge in [0.1, 0.15) is 6.04 Å². The number of hydrogen-bond acceptors (Lipinski definition) is 2. The quantitative estimate of drug-likeness (QED) is 0.750. The van der Waals surface area contributed by atoms with E-state index in [1.54, 1.807) is 0 Å². The van der Waals surface area contributed by atoms with Crippen LogP contribution in [0.2, 0.25) is 0 Å². The van der Waals surface area contributed by atoms with E-state index in [9.17, 15) is 9.90 Å². The Hall–Kier alpha value is -2.91. The molecular formula is C21H19NO2. The Morgan fingerprint density at radius 2 is 1.33 bits per heavy atom. The molecule has 0 fully saturated rings. The summed E-state index contributed by atoms with van der Waals surface area (Å²) >= 11 is 0. The third kappa shape index (κ3) is 3.21. The van der Waals surface area contributed by atoms with Crippen molar-refractivity contribution in [1.29, 1.82) is 0 Å². The van der Waals surface area contributed by atoms with E-state index in [4.69, 9.17) is 5.73 Å². The predicted octanol–water partition coefficient (Wildman–Crippen LogP) is 3.90. The highest BCUT2D eigenvalue weighted by Crippen LogP contribution is 2.35. The second-order valence-electron chi connectivity index (χ2n) is 5.71. The summed E-state index contributed by atoms with van der Waals surface area (Å²) in [5.41, 5.74) is 9.94. The lowest BCUT2D eigenvalue weighted by Crippen LogP contribution is -2.37. The highest BCUT2D eigenvalue weighted by Gasteiger charge is 2.29. The number of hydrogen-bond donors (Lipinski definition) is 2. The van der Waals surface area contributed by atoms with Crippen LogP contribution in [-0.4, -0.2) is 17.1 Å². The van der Waals surface area contributed by atoms with Crippen molar-refractivity contribution in [3.63, 3.8) is 0 Å². The van der Waals surface area contributed by atoms with Gasteiger partial charge in [0.2, 0.25) is 0 Å². The van der Waals surface area contributed by atoms with E-state index in [1.807, 2.05) is 84.9 Å². The van der Waals surface area contributed by atoms with E-state index in [1.165, 1.54) is 0 Å². The first kappa shape index (κ1) is 16.0. The molecule has 0 aliphatic heterocycles. The van der Waals surface area contributed by atoms with Crippen molar-refractivity contribution in [3.8, 4) is 11.1 Å². The smallest absolute Gasteiger partial charge is 0.321 e. The largest absolute Gasteiger partial charge is 0.480 e. The molecule has 24 heavy (non-hydrogen) atoms. The second kappa shape index (κ2) is 7.11. The zero-order valence-corrected chi connectivity index (χ0v) is 13.2. The number of carboxylic acids is 1. The number of carbonyl (C=O) groups is 1. The maximum absolute atomic E-state index is 11.6. The van der Waals surface area contributed by atoms with Crippen molar-refractivity contribution >= 4 is 5.97 Å². The van der Waals surface area contributed by atoms with Gasteiger partial charge in [-0.2, -0.15) is 0 Å². The van der Waals surface area contributed by atoms with Gasteiger partial charge >= 0.3 is 5.97 Å². The average molecular weight is 317 g/mol. The molecule has 3 N–H and O–H groups in total. The monoisotopic (exact) mass is 317 g/mol.